The predicted octanol–water partition coefficient (Wildman–Crippen LogP) is -2.12. The first-order valence-electron chi connectivity index (χ1n) is 6.96. The van der Waals surface area contributed by atoms with Crippen molar-refractivity contribution in [1.29, 1.82) is 0 Å². The lowest BCUT2D eigenvalue weighted by Crippen LogP contribution is -2.57. The zero-order valence-electron chi connectivity index (χ0n) is 13.1. The molecule has 0 aromatic carbocycles. The molecule has 4 unspecified atom stereocenters. The first kappa shape index (κ1) is 20.8. The Morgan fingerprint density at radius 2 is 1.52 bits per heavy atom. The second kappa shape index (κ2) is 9.06. The van der Waals surface area contributed by atoms with Gasteiger partial charge in [0.2, 0.25) is 11.8 Å². The molecule has 0 fully saturated rings. The highest BCUT2D eigenvalue weighted by molar-refractivity contribution is 5.94. The monoisotopic (exact) mass is 333 g/mol. The number of hydrogen-bond donors (Lipinski definition) is 6. The van der Waals surface area contributed by atoms with E-state index in [0.717, 1.165) is 0 Å². The van der Waals surface area contributed by atoms with Crippen LogP contribution in [0.1, 0.15) is 27.2 Å². The van der Waals surface area contributed by atoms with Gasteiger partial charge in [-0.15, -0.1) is 0 Å². The molecule has 4 atom stereocenters. The quantitative estimate of drug-likeness (QED) is 0.277. The minimum Gasteiger partial charge on any atom is -0.481 e. The number of nitrogens with one attached hydrogen (secondary N) is 2. The molecule has 0 aliphatic carbocycles. The predicted molar refractivity (Wildman–Crippen MR) is 78.2 cm³/mol. The molecule has 0 rings (SSSR count). The lowest BCUT2D eigenvalue weighted by atomic mass is 10.0. The van der Waals surface area contributed by atoms with Gasteiger partial charge in [0.1, 0.15) is 18.1 Å². The summed E-state index contributed by atoms with van der Waals surface area (Å²) in [5, 5.41) is 31.4. The number of carboxylic acid groups (broad SMARTS) is 2. The Balaban J connectivity index is 5.09. The van der Waals surface area contributed by atoms with Crippen molar-refractivity contribution in [1.82, 2.24) is 10.6 Å². The van der Waals surface area contributed by atoms with E-state index in [1.807, 2.05) is 0 Å². The third kappa shape index (κ3) is 7.06. The van der Waals surface area contributed by atoms with Gasteiger partial charge in [-0.25, -0.2) is 4.79 Å². The number of aliphatic carboxylic acids is 2. The lowest BCUT2D eigenvalue weighted by Gasteiger charge is -2.24. The van der Waals surface area contributed by atoms with E-state index >= 15 is 0 Å². The maximum absolute atomic E-state index is 12.1. The number of amides is 2. The van der Waals surface area contributed by atoms with Crippen LogP contribution in [-0.2, 0) is 19.2 Å². The van der Waals surface area contributed by atoms with E-state index in [-0.39, 0.29) is 0 Å². The number of aliphatic hydroxyl groups excluding tert-OH is 1. The molecule has 0 aliphatic rings. The molecular weight excluding hydrogens is 310 g/mol. The number of rotatable bonds is 9. The van der Waals surface area contributed by atoms with Crippen LogP contribution in [0.5, 0.6) is 0 Å². The second-order valence-corrected chi connectivity index (χ2v) is 5.49. The molecule has 0 spiro atoms. The Kier molecular flexibility index (Phi) is 8.19. The number of carbonyl (C=O) groups is 4. The summed E-state index contributed by atoms with van der Waals surface area (Å²) in [5.41, 5.74) is 5.40. The van der Waals surface area contributed by atoms with Crippen molar-refractivity contribution < 1.29 is 34.5 Å². The van der Waals surface area contributed by atoms with Gasteiger partial charge in [0.05, 0.1) is 12.5 Å². The van der Waals surface area contributed by atoms with Gasteiger partial charge in [-0.3, -0.25) is 14.4 Å². The minimum absolute atomic E-state index is 0.447. The number of carboxylic acids is 2. The van der Waals surface area contributed by atoms with E-state index < -0.39 is 60.3 Å². The fraction of sp³-hybridized carbons (Fsp3) is 0.692. The van der Waals surface area contributed by atoms with Crippen LogP contribution in [0.15, 0.2) is 0 Å². The molecule has 23 heavy (non-hydrogen) atoms. The Hall–Kier alpha value is -2.20. The van der Waals surface area contributed by atoms with Crippen LogP contribution >= 0.6 is 0 Å². The number of nitrogens with two attached hydrogens (primary N) is 1. The molecule has 10 nitrogen and oxygen atoms in total. The van der Waals surface area contributed by atoms with Crippen LogP contribution in [-0.4, -0.2) is 63.3 Å². The molecule has 0 bridgehead atoms. The molecule has 7 N–H and O–H groups in total. The maximum atomic E-state index is 12.1. The maximum Gasteiger partial charge on any atom is 0.326 e. The summed E-state index contributed by atoms with van der Waals surface area (Å²) in [4.78, 5) is 45.7. The van der Waals surface area contributed by atoms with Gasteiger partial charge in [-0.1, -0.05) is 13.8 Å². The molecule has 0 aromatic rings. The minimum atomic E-state index is -1.51. The van der Waals surface area contributed by atoms with Crippen molar-refractivity contribution in [2.45, 2.75) is 51.4 Å². The normalized spacial score (nSPS) is 16.1. The largest absolute Gasteiger partial charge is 0.481 e. The Morgan fingerprint density at radius 1 is 1.00 bits per heavy atom. The molecule has 132 valence electrons. The van der Waals surface area contributed by atoms with E-state index in [1.165, 1.54) is 6.92 Å². The van der Waals surface area contributed by atoms with E-state index in [9.17, 15) is 24.3 Å². The van der Waals surface area contributed by atoms with Crippen molar-refractivity contribution in [3.63, 3.8) is 0 Å². The van der Waals surface area contributed by atoms with Crippen molar-refractivity contribution in [3.8, 4) is 0 Å². The van der Waals surface area contributed by atoms with Crippen LogP contribution in [0.4, 0.5) is 0 Å². The highest BCUT2D eigenvalue weighted by Gasteiger charge is 2.31. The zero-order valence-corrected chi connectivity index (χ0v) is 13.1. The van der Waals surface area contributed by atoms with Crippen molar-refractivity contribution >= 4 is 23.8 Å². The molecule has 10 heteroatoms. The van der Waals surface area contributed by atoms with Gasteiger partial charge in [-0.05, 0) is 12.8 Å². The topological polar surface area (TPSA) is 179 Å². The first-order valence-corrected chi connectivity index (χ1v) is 6.96. The van der Waals surface area contributed by atoms with Crippen molar-refractivity contribution in [3.05, 3.63) is 0 Å². The fourth-order valence-corrected chi connectivity index (χ4v) is 1.64. The van der Waals surface area contributed by atoms with E-state index in [0.29, 0.717) is 0 Å². The van der Waals surface area contributed by atoms with Crippen LogP contribution in [0.25, 0.3) is 0 Å². The number of hydrogen-bond acceptors (Lipinski definition) is 6. The summed E-state index contributed by atoms with van der Waals surface area (Å²) in [6, 6.07) is -4.09. The molecule has 0 aliphatic heterocycles. The SMILES string of the molecule is CC(C)C(NC(=O)C(CC(=O)O)NC(=O)C(N)C(C)O)C(=O)O. The fourth-order valence-electron chi connectivity index (χ4n) is 1.64. The van der Waals surface area contributed by atoms with Gasteiger partial charge < -0.3 is 31.7 Å². The van der Waals surface area contributed by atoms with Crippen LogP contribution in [0.2, 0.25) is 0 Å². The summed E-state index contributed by atoms with van der Waals surface area (Å²) in [6.07, 6.45) is -1.96. The third-order valence-electron chi connectivity index (χ3n) is 3.06. The van der Waals surface area contributed by atoms with Gasteiger partial charge >= 0.3 is 11.9 Å². The van der Waals surface area contributed by atoms with Crippen molar-refractivity contribution in [2.24, 2.45) is 11.7 Å². The van der Waals surface area contributed by atoms with E-state index in [1.54, 1.807) is 13.8 Å². The molecule has 2 amide bonds. The number of carbonyl (C=O) groups excluding carboxylic acids is 2. The lowest BCUT2D eigenvalue weighted by molar-refractivity contribution is -0.144. The smallest absolute Gasteiger partial charge is 0.326 e. The highest BCUT2D eigenvalue weighted by atomic mass is 16.4. The summed E-state index contributed by atoms with van der Waals surface area (Å²) in [7, 11) is 0. The summed E-state index contributed by atoms with van der Waals surface area (Å²) in [5.74, 6) is -4.98. The van der Waals surface area contributed by atoms with Gasteiger partial charge in [0.25, 0.3) is 0 Å². The summed E-state index contributed by atoms with van der Waals surface area (Å²) < 4.78 is 0. The van der Waals surface area contributed by atoms with Crippen LogP contribution < -0.4 is 16.4 Å². The Morgan fingerprint density at radius 3 is 1.87 bits per heavy atom. The van der Waals surface area contributed by atoms with Crippen LogP contribution in [0.3, 0.4) is 0 Å². The van der Waals surface area contributed by atoms with Gasteiger partial charge in [0, 0.05) is 0 Å². The molecule has 0 saturated carbocycles. The number of aliphatic hydroxyl groups is 1. The third-order valence-corrected chi connectivity index (χ3v) is 3.06. The average Bonchev–Trinajstić information content (AvgIpc) is 2.41. The summed E-state index contributed by atoms with van der Waals surface area (Å²) in [6.45, 7) is 4.39. The van der Waals surface area contributed by atoms with E-state index in [2.05, 4.69) is 10.6 Å². The molecular formula is C13H23N3O7. The first-order chi connectivity index (χ1) is 10.5. The molecule has 0 aromatic heterocycles. The van der Waals surface area contributed by atoms with Gasteiger partial charge in [-0.2, -0.15) is 0 Å². The Bertz CT molecular complexity index is 464. The van der Waals surface area contributed by atoms with Gasteiger partial charge in [0.15, 0.2) is 0 Å². The second-order valence-electron chi connectivity index (χ2n) is 5.49. The average molecular weight is 333 g/mol. The molecule has 0 saturated heterocycles. The van der Waals surface area contributed by atoms with Crippen molar-refractivity contribution in [2.75, 3.05) is 0 Å². The zero-order chi connectivity index (χ0) is 18.3. The highest BCUT2D eigenvalue weighted by Crippen LogP contribution is 2.04. The Labute approximate surface area is 133 Å². The standard InChI is InChI=1S/C13H23N3O7/c1-5(2)10(13(22)23)16-11(20)7(4-8(18)19)15-12(21)9(14)6(3)17/h5-7,9-10,17H,4,14H2,1-3H3,(H,15,21)(H,16,20)(H,18,19)(H,22,23). The van der Waals surface area contributed by atoms with E-state index in [4.69, 9.17) is 15.9 Å². The molecule has 0 radical (unpaired) electrons. The molecule has 0 heterocycles. The van der Waals surface area contributed by atoms with Crippen LogP contribution in [0, 0.1) is 5.92 Å². The summed E-state index contributed by atoms with van der Waals surface area (Å²) >= 11 is 0.